The standard InChI is InChI=1S/C10H10Cl2N2O2/c11-8-4-3-7(9(12)13-8)10(15)14-5-1-2-6-16-14/h3-4H,1-2,5-6H2. The molecule has 0 spiro atoms. The van der Waals surface area contributed by atoms with Gasteiger partial charge in [0.25, 0.3) is 5.91 Å². The van der Waals surface area contributed by atoms with Gasteiger partial charge in [-0.3, -0.25) is 9.63 Å². The van der Waals surface area contributed by atoms with Crippen LogP contribution in [0, 0.1) is 0 Å². The minimum atomic E-state index is -0.270. The summed E-state index contributed by atoms with van der Waals surface area (Å²) in [6.07, 6.45) is 1.90. The first-order valence-corrected chi connectivity index (χ1v) is 5.71. The number of carbonyl (C=O) groups excluding carboxylic acids is 1. The number of hydrogen-bond donors (Lipinski definition) is 0. The third kappa shape index (κ3) is 2.45. The summed E-state index contributed by atoms with van der Waals surface area (Å²) >= 11 is 11.5. The van der Waals surface area contributed by atoms with Crippen molar-refractivity contribution in [3.8, 4) is 0 Å². The molecule has 2 heterocycles. The normalized spacial score (nSPS) is 16.2. The Morgan fingerprint density at radius 2 is 2.19 bits per heavy atom. The first-order chi connectivity index (χ1) is 7.68. The van der Waals surface area contributed by atoms with Crippen molar-refractivity contribution in [1.82, 2.24) is 10.0 Å². The summed E-state index contributed by atoms with van der Waals surface area (Å²) in [6, 6.07) is 3.09. The summed E-state index contributed by atoms with van der Waals surface area (Å²) in [6.45, 7) is 1.14. The number of carbonyl (C=O) groups is 1. The van der Waals surface area contributed by atoms with Gasteiger partial charge in [0.05, 0.1) is 12.2 Å². The van der Waals surface area contributed by atoms with Gasteiger partial charge in [-0.25, -0.2) is 10.0 Å². The quantitative estimate of drug-likeness (QED) is 0.729. The molecule has 2 rings (SSSR count). The summed E-state index contributed by atoms with van der Waals surface area (Å²) in [4.78, 5) is 21.0. The molecule has 1 aliphatic heterocycles. The maximum absolute atomic E-state index is 12.0. The molecule has 0 aromatic carbocycles. The van der Waals surface area contributed by atoms with Crippen LogP contribution < -0.4 is 0 Å². The van der Waals surface area contributed by atoms with E-state index in [0.717, 1.165) is 12.8 Å². The van der Waals surface area contributed by atoms with E-state index in [0.29, 0.717) is 18.7 Å². The first-order valence-electron chi connectivity index (χ1n) is 4.95. The molecule has 0 bridgehead atoms. The van der Waals surface area contributed by atoms with Gasteiger partial charge in [-0.2, -0.15) is 0 Å². The van der Waals surface area contributed by atoms with Crippen molar-refractivity contribution in [2.75, 3.05) is 13.2 Å². The van der Waals surface area contributed by atoms with E-state index in [1.54, 1.807) is 6.07 Å². The molecule has 6 heteroatoms. The van der Waals surface area contributed by atoms with E-state index in [9.17, 15) is 4.79 Å². The van der Waals surface area contributed by atoms with E-state index in [4.69, 9.17) is 28.0 Å². The van der Waals surface area contributed by atoms with Crippen molar-refractivity contribution in [3.05, 3.63) is 28.0 Å². The molecule has 1 fully saturated rings. The van der Waals surface area contributed by atoms with Crippen LogP contribution in [0.2, 0.25) is 10.3 Å². The highest BCUT2D eigenvalue weighted by molar-refractivity contribution is 6.34. The lowest BCUT2D eigenvalue weighted by Gasteiger charge is -2.25. The van der Waals surface area contributed by atoms with E-state index in [1.807, 2.05) is 0 Å². The highest BCUT2D eigenvalue weighted by Gasteiger charge is 2.22. The molecule has 0 aliphatic carbocycles. The number of pyridine rings is 1. The average Bonchev–Trinajstić information content (AvgIpc) is 2.29. The SMILES string of the molecule is O=C(c1ccc(Cl)nc1Cl)N1CCCCO1. The van der Waals surface area contributed by atoms with Crippen LogP contribution in [0.4, 0.5) is 0 Å². The molecule has 1 aromatic heterocycles. The van der Waals surface area contributed by atoms with Gasteiger partial charge in [0, 0.05) is 6.54 Å². The molecule has 1 aliphatic rings. The number of hydroxylamine groups is 2. The van der Waals surface area contributed by atoms with Crippen LogP contribution in [-0.2, 0) is 4.84 Å². The van der Waals surface area contributed by atoms with Crippen molar-refractivity contribution in [2.45, 2.75) is 12.8 Å². The van der Waals surface area contributed by atoms with Crippen molar-refractivity contribution in [1.29, 1.82) is 0 Å². The summed E-state index contributed by atoms with van der Waals surface area (Å²) in [5, 5.41) is 1.69. The minimum absolute atomic E-state index is 0.103. The lowest BCUT2D eigenvalue weighted by Crippen LogP contribution is -2.35. The predicted octanol–water partition coefficient (Wildman–Crippen LogP) is 2.56. The zero-order valence-electron chi connectivity index (χ0n) is 8.45. The highest BCUT2D eigenvalue weighted by atomic mass is 35.5. The van der Waals surface area contributed by atoms with Gasteiger partial charge in [0.2, 0.25) is 0 Å². The highest BCUT2D eigenvalue weighted by Crippen LogP contribution is 2.19. The predicted molar refractivity (Wildman–Crippen MR) is 60.5 cm³/mol. The molecular formula is C10H10Cl2N2O2. The number of halogens is 2. The number of rotatable bonds is 1. The van der Waals surface area contributed by atoms with Gasteiger partial charge in [-0.1, -0.05) is 23.2 Å². The number of aromatic nitrogens is 1. The van der Waals surface area contributed by atoms with Crippen LogP contribution in [0.5, 0.6) is 0 Å². The molecule has 16 heavy (non-hydrogen) atoms. The van der Waals surface area contributed by atoms with Crippen molar-refractivity contribution >= 4 is 29.1 Å². The fourth-order valence-electron chi connectivity index (χ4n) is 1.46. The van der Waals surface area contributed by atoms with E-state index in [2.05, 4.69) is 4.98 Å². The maximum Gasteiger partial charge on any atom is 0.280 e. The van der Waals surface area contributed by atoms with Crippen LogP contribution in [-0.4, -0.2) is 29.1 Å². The first kappa shape index (κ1) is 11.6. The van der Waals surface area contributed by atoms with Crippen LogP contribution in [0.25, 0.3) is 0 Å². The monoisotopic (exact) mass is 260 g/mol. The smallest absolute Gasteiger partial charge is 0.271 e. The Morgan fingerprint density at radius 3 is 2.81 bits per heavy atom. The van der Waals surface area contributed by atoms with Gasteiger partial charge >= 0.3 is 0 Å². The summed E-state index contributed by atoms with van der Waals surface area (Å²) in [7, 11) is 0. The van der Waals surface area contributed by atoms with E-state index in [1.165, 1.54) is 11.1 Å². The second-order valence-electron chi connectivity index (χ2n) is 3.42. The fourth-order valence-corrected chi connectivity index (χ4v) is 1.89. The summed E-state index contributed by atoms with van der Waals surface area (Å²) < 4.78 is 0. The van der Waals surface area contributed by atoms with Crippen LogP contribution >= 0.6 is 23.2 Å². The molecule has 0 N–H and O–H groups in total. The second kappa shape index (κ2) is 4.99. The summed E-state index contributed by atoms with van der Waals surface area (Å²) in [5.41, 5.74) is 0.313. The Balaban J connectivity index is 2.19. The Labute approximate surface area is 103 Å². The van der Waals surface area contributed by atoms with E-state index in [-0.39, 0.29) is 16.2 Å². The number of nitrogens with zero attached hydrogens (tertiary/aromatic N) is 2. The molecule has 0 atom stereocenters. The number of hydrogen-bond acceptors (Lipinski definition) is 3. The topological polar surface area (TPSA) is 42.4 Å². The molecule has 1 aromatic rings. The molecule has 0 saturated carbocycles. The van der Waals surface area contributed by atoms with E-state index < -0.39 is 0 Å². The minimum Gasteiger partial charge on any atom is -0.271 e. The third-order valence-corrected chi connectivity index (χ3v) is 2.77. The Morgan fingerprint density at radius 1 is 1.38 bits per heavy atom. The van der Waals surface area contributed by atoms with Gasteiger partial charge in [-0.05, 0) is 25.0 Å². The van der Waals surface area contributed by atoms with Gasteiger partial charge in [0.15, 0.2) is 0 Å². The van der Waals surface area contributed by atoms with Crippen molar-refractivity contribution in [3.63, 3.8) is 0 Å². The molecule has 1 amide bonds. The lowest BCUT2D eigenvalue weighted by molar-refractivity contribution is -0.144. The maximum atomic E-state index is 12.0. The Hall–Kier alpha value is -0.840. The Kier molecular flexibility index (Phi) is 3.63. The van der Waals surface area contributed by atoms with Crippen molar-refractivity contribution in [2.24, 2.45) is 0 Å². The molecule has 86 valence electrons. The number of amides is 1. The third-order valence-electron chi connectivity index (χ3n) is 2.27. The zero-order chi connectivity index (χ0) is 11.5. The van der Waals surface area contributed by atoms with Crippen molar-refractivity contribution < 1.29 is 9.63 Å². The van der Waals surface area contributed by atoms with E-state index >= 15 is 0 Å². The lowest BCUT2D eigenvalue weighted by atomic mass is 10.2. The van der Waals surface area contributed by atoms with Gasteiger partial charge in [-0.15, -0.1) is 0 Å². The molecule has 0 radical (unpaired) electrons. The average molecular weight is 261 g/mol. The van der Waals surface area contributed by atoms with Gasteiger partial charge in [0.1, 0.15) is 10.3 Å². The van der Waals surface area contributed by atoms with Gasteiger partial charge < -0.3 is 0 Å². The fraction of sp³-hybridized carbons (Fsp3) is 0.400. The molecular weight excluding hydrogens is 251 g/mol. The second-order valence-corrected chi connectivity index (χ2v) is 4.17. The molecule has 4 nitrogen and oxygen atoms in total. The van der Waals surface area contributed by atoms with Crippen LogP contribution in [0.15, 0.2) is 12.1 Å². The Bertz CT molecular complexity index is 406. The molecule has 0 unspecified atom stereocenters. The summed E-state index contributed by atoms with van der Waals surface area (Å²) in [5.74, 6) is -0.270. The molecule has 1 saturated heterocycles. The van der Waals surface area contributed by atoms with Crippen LogP contribution in [0.3, 0.4) is 0 Å². The van der Waals surface area contributed by atoms with Crippen LogP contribution in [0.1, 0.15) is 23.2 Å². The largest absolute Gasteiger partial charge is 0.280 e. The zero-order valence-corrected chi connectivity index (χ0v) is 9.96.